The molecule has 0 fully saturated rings. The summed E-state index contributed by atoms with van der Waals surface area (Å²) in [4.78, 5) is 21.5. The van der Waals surface area contributed by atoms with Crippen LogP contribution in [0.1, 0.15) is 67.8 Å². The van der Waals surface area contributed by atoms with Gasteiger partial charge < -0.3 is 10.1 Å². The summed E-state index contributed by atoms with van der Waals surface area (Å²) in [6, 6.07) is 9.47. The molecule has 1 atom stereocenters. The zero-order chi connectivity index (χ0) is 19.2. The molecule has 0 saturated heterocycles. The van der Waals surface area contributed by atoms with E-state index in [1.165, 1.54) is 6.33 Å². The first kappa shape index (κ1) is 17.5. The third kappa shape index (κ3) is 3.25. The molecule has 1 aliphatic heterocycles. The van der Waals surface area contributed by atoms with Gasteiger partial charge in [0.1, 0.15) is 23.4 Å². The second-order valence-corrected chi connectivity index (χ2v) is 7.82. The summed E-state index contributed by atoms with van der Waals surface area (Å²) in [6.07, 6.45) is 2.13. The lowest BCUT2D eigenvalue weighted by Gasteiger charge is -2.37. The fourth-order valence-electron chi connectivity index (χ4n) is 3.53. The average Bonchev–Trinajstić information content (AvgIpc) is 3.08. The number of rotatable bonds is 3. The molecule has 7 heteroatoms. The first-order valence-corrected chi connectivity index (χ1v) is 9.13. The van der Waals surface area contributed by atoms with Crippen LogP contribution in [-0.4, -0.2) is 31.1 Å². The zero-order valence-corrected chi connectivity index (χ0v) is 15.9. The molecular formula is C20H23N5O2. The molecule has 0 spiro atoms. The van der Waals surface area contributed by atoms with Gasteiger partial charge in [-0.25, -0.2) is 9.50 Å². The van der Waals surface area contributed by atoms with Crippen molar-refractivity contribution in [2.45, 2.75) is 51.7 Å². The Hall–Kier alpha value is -2.96. The van der Waals surface area contributed by atoms with Crippen molar-refractivity contribution < 1.29 is 9.53 Å². The third-order valence-corrected chi connectivity index (χ3v) is 4.79. The summed E-state index contributed by atoms with van der Waals surface area (Å²) in [5, 5.41) is 7.33. The minimum atomic E-state index is -0.361. The Labute approximate surface area is 157 Å². The number of hydrogen-bond donors (Lipinski definition) is 1. The highest BCUT2D eigenvalue weighted by molar-refractivity contribution is 5.93. The summed E-state index contributed by atoms with van der Waals surface area (Å²) in [5.41, 5.74) is 1.87. The number of nitrogens with zero attached hydrogens (tertiary/aromatic N) is 4. The molecule has 4 rings (SSSR count). The third-order valence-electron chi connectivity index (χ3n) is 4.79. The maximum Gasteiger partial charge on any atom is 0.270 e. The van der Waals surface area contributed by atoms with Crippen LogP contribution in [0.2, 0.25) is 0 Å². The second-order valence-electron chi connectivity index (χ2n) is 7.82. The molecule has 1 amide bonds. The number of hydrogen-bond acceptors (Lipinski definition) is 5. The Morgan fingerprint density at radius 2 is 2.11 bits per heavy atom. The number of ether oxygens (including phenoxy) is 1. The maximum atomic E-state index is 13.0. The number of aromatic nitrogens is 4. The molecule has 0 bridgehead atoms. The average molecular weight is 365 g/mol. The van der Waals surface area contributed by atoms with E-state index in [-0.39, 0.29) is 23.5 Å². The van der Waals surface area contributed by atoms with Crippen LogP contribution >= 0.6 is 0 Å². The predicted molar refractivity (Wildman–Crippen MR) is 101 cm³/mol. The summed E-state index contributed by atoms with van der Waals surface area (Å²) in [7, 11) is 0. The van der Waals surface area contributed by atoms with E-state index in [4.69, 9.17) is 4.74 Å². The van der Waals surface area contributed by atoms with E-state index in [1.807, 2.05) is 38.1 Å². The van der Waals surface area contributed by atoms with E-state index >= 15 is 0 Å². The van der Waals surface area contributed by atoms with Crippen molar-refractivity contribution in [1.82, 2.24) is 24.9 Å². The van der Waals surface area contributed by atoms with E-state index < -0.39 is 0 Å². The first-order valence-electron chi connectivity index (χ1n) is 9.13. The smallest absolute Gasteiger partial charge is 0.270 e. The molecule has 27 heavy (non-hydrogen) atoms. The lowest BCUT2D eigenvalue weighted by molar-refractivity contribution is 0.0618. The van der Waals surface area contributed by atoms with E-state index in [1.54, 1.807) is 10.6 Å². The van der Waals surface area contributed by atoms with Gasteiger partial charge >= 0.3 is 0 Å². The van der Waals surface area contributed by atoms with Crippen LogP contribution in [-0.2, 0) is 0 Å². The van der Waals surface area contributed by atoms with Gasteiger partial charge in [0.25, 0.3) is 11.7 Å². The summed E-state index contributed by atoms with van der Waals surface area (Å²) in [6.45, 7) is 8.16. The number of amides is 1. The lowest BCUT2D eigenvalue weighted by Crippen LogP contribution is -2.41. The highest BCUT2D eigenvalue weighted by Crippen LogP contribution is 2.39. The van der Waals surface area contributed by atoms with Gasteiger partial charge in [-0.15, -0.1) is 0 Å². The predicted octanol–water partition coefficient (Wildman–Crippen LogP) is 3.28. The topological polar surface area (TPSA) is 81.4 Å². The first-order chi connectivity index (χ1) is 12.8. The minimum Gasteiger partial charge on any atom is -0.487 e. The van der Waals surface area contributed by atoms with Crippen LogP contribution in [0.15, 0.2) is 36.7 Å². The quantitative estimate of drug-likeness (QED) is 0.770. The van der Waals surface area contributed by atoms with E-state index in [9.17, 15) is 4.79 Å². The Bertz CT molecular complexity index is 1010. The number of para-hydroxylation sites is 1. The Morgan fingerprint density at radius 3 is 2.89 bits per heavy atom. The molecule has 0 aliphatic carbocycles. The van der Waals surface area contributed by atoms with Gasteiger partial charge in [0.2, 0.25) is 0 Å². The Balaban J connectivity index is 1.67. The Morgan fingerprint density at radius 1 is 1.33 bits per heavy atom. The van der Waals surface area contributed by atoms with Gasteiger partial charge in [0.15, 0.2) is 0 Å². The lowest BCUT2D eigenvalue weighted by atomic mass is 9.89. The minimum absolute atomic E-state index is 0.143. The fraction of sp³-hybridized carbons (Fsp3) is 0.400. The van der Waals surface area contributed by atoms with Crippen LogP contribution in [0.4, 0.5) is 0 Å². The molecule has 1 N–H and O–H groups in total. The number of nitrogens with one attached hydrogen (secondary N) is 1. The summed E-state index contributed by atoms with van der Waals surface area (Å²) >= 11 is 0. The van der Waals surface area contributed by atoms with Crippen molar-refractivity contribution in [1.29, 1.82) is 0 Å². The van der Waals surface area contributed by atoms with Gasteiger partial charge in [-0.05, 0) is 31.9 Å². The molecule has 2 aromatic heterocycles. The van der Waals surface area contributed by atoms with Gasteiger partial charge in [-0.1, -0.05) is 32.0 Å². The molecule has 1 aliphatic rings. The highest BCUT2D eigenvalue weighted by atomic mass is 16.5. The van der Waals surface area contributed by atoms with Crippen molar-refractivity contribution in [3.63, 3.8) is 0 Å². The molecule has 0 unspecified atom stereocenters. The van der Waals surface area contributed by atoms with Crippen LogP contribution in [0.25, 0.3) is 5.78 Å². The molecule has 3 aromatic rings. The van der Waals surface area contributed by atoms with Crippen molar-refractivity contribution in [2.75, 3.05) is 0 Å². The molecule has 7 nitrogen and oxygen atoms in total. The van der Waals surface area contributed by atoms with E-state index in [0.717, 1.165) is 17.0 Å². The van der Waals surface area contributed by atoms with Crippen LogP contribution in [0.5, 0.6) is 5.75 Å². The standard InChI is InChI=1S/C20H23N5O2/c1-12(2)16-9-14(24-19-21-11-22-25(16)19)18(26)23-15-10-20(3,4)27-17-8-6-5-7-13(15)17/h5-9,11-12,15H,10H2,1-4H3,(H,23,26)/t15-/m0/s1. The normalized spacial score (nSPS) is 18.2. The number of carbonyl (C=O) groups excluding carboxylic acids is 1. The van der Waals surface area contributed by atoms with Gasteiger partial charge in [-0.2, -0.15) is 10.1 Å². The Kier molecular flexibility index (Phi) is 4.09. The maximum absolute atomic E-state index is 13.0. The van der Waals surface area contributed by atoms with Crippen LogP contribution < -0.4 is 10.1 Å². The zero-order valence-electron chi connectivity index (χ0n) is 15.9. The monoisotopic (exact) mass is 365 g/mol. The number of carbonyl (C=O) groups is 1. The van der Waals surface area contributed by atoms with E-state index in [0.29, 0.717) is 17.9 Å². The van der Waals surface area contributed by atoms with Crippen molar-refractivity contribution in [3.8, 4) is 5.75 Å². The highest BCUT2D eigenvalue weighted by Gasteiger charge is 2.34. The molecule has 0 saturated carbocycles. The molecule has 3 heterocycles. The number of fused-ring (bicyclic) bond motifs is 2. The van der Waals surface area contributed by atoms with Crippen LogP contribution in [0, 0.1) is 0 Å². The summed E-state index contributed by atoms with van der Waals surface area (Å²) in [5.74, 6) is 1.20. The molecule has 1 aromatic carbocycles. The van der Waals surface area contributed by atoms with Crippen molar-refractivity contribution in [2.24, 2.45) is 0 Å². The molecule has 140 valence electrons. The van der Waals surface area contributed by atoms with E-state index in [2.05, 4.69) is 34.2 Å². The molecule has 0 radical (unpaired) electrons. The van der Waals surface area contributed by atoms with Gasteiger partial charge in [-0.3, -0.25) is 4.79 Å². The largest absolute Gasteiger partial charge is 0.487 e. The van der Waals surface area contributed by atoms with Crippen LogP contribution in [0.3, 0.4) is 0 Å². The van der Waals surface area contributed by atoms with Gasteiger partial charge in [0.05, 0.1) is 11.7 Å². The second kappa shape index (κ2) is 6.33. The van der Waals surface area contributed by atoms with Gasteiger partial charge in [0, 0.05) is 12.0 Å². The van der Waals surface area contributed by atoms with Crippen molar-refractivity contribution >= 4 is 11.7 Å². The molecular weight excluding hydrogens is 342 g/mol. The fourth-order valence-corrected chi connectivity index (χ4v) is 3.53. The SMILES string of the molecule is CC(C)c1cc(C(=O)N[C@H]2CC(C)(C)Oc3ccccc32)nc2ncnn12. The number of benzene rings is 1. The van der Waals surface area contributed by atoms with Crippen molar-refractivity contribution in [3.05, 3.63) is 53.6 Å². The summed E-state index contributed by atoms with van der Waals surface area (Å²) < 4.78 is 7.72.